The number of benzene rings is 3. The fourth-order valence-electron chi connectivity index (χ4n) is 3.61. The standard InChI is InChI=1S/C29H30Cl2N4O7/c1-4-41-26-12-19(6-8-24(26)42-17-27(36)34-22-14-20(30)13-21(31)15-22)16-33-35-29(38)28(37)32-10-9-18-5-7-23(39-2)25(11-18)40-3/h5-8,11-16H,4,9-10,17H2,1-3H3,(H,32,37)(H,34,36)(H,35,38)/b33-16-. The Morgan fingerprint density at radius 3 is 2.24 bits per heavy atom. The van der Waals surface area contributed by atoms with Gasteiger partial charge in [0, 0.05) is 22.3 Å². The normalized spacial score (nSPS) is 10.6. The van der Waals surface area contributed by atoms with Crippen molar-refractivity contribution in [2.24, 2.45) is 5.10 Å². The number of methoxy groups -OCH3 is 2. The number of carbonyl (C=O) groups excluding carboxylic acids is 3. The molecule has 11 nitrogen and oxygen atoms in total. The summed E-state index contributed by atoms with van der Waals surface area (Å²) in [5.74, 6) is -0.316. The summed E-state index contributed by atoms with van der Waals surface area (Å²) in [5.41, 5.74) is 4.08. The van der Waals surface area contributed by atoms with Crippen molar-refractivity contribution in [1.29, 1.82) is 0 Å². The number of hydrazone groups is 1. The molecule has 0 saturated carbocycles. The maximum absolute atomic E-state index is 12.3. The number of ether oxygens (including phenoxy) is 4. The van der Waals surface area contributed by atoms with E-state index in [4.69, 9.17) is 42.1 Å². The highest BCUT2D eigenvalue weighted by atomic mass is 35.5. The Kier molecular flexibility index (Phi) is 12.3. The average molecular weight is 617 g/mol. The molecule has 42 heavy (non-hydrogen) atoms. The van der Waals surface area contributed by atoms with Gasteiger partial charge in [-0.2, -0.15) is 5.10 Å². The van der Waals surface area contributed by atoms with Crippen LogP contribution in [0.25, 0.3) is 0 Å². The minimum atomic E-state index is -0.921. The first-order valence-corrected chi connectivity index (χ1v) is 13.5. The lowest BCUT2D eigenvalue weighted by molar-refractivity contribution is -0.139. The molecule has 0 aliphatic heterocycles. The van der Waals surface area contributed by atoms with Gasteiger partial charge in [-0.3, -0.25) is 14.4 Å². The van der Waals surface area contributed by atoms with E-state index in [1.807, 2.05) is 6.07 Å². The third kappa shape index (κ3) is 9.86. The van der Waals surface area contributed by atoms with Crippen molar-refractivity contribution >= 4 is 52.8 Å². The number of rotatable bonds is 13. The number of hydrogen-bond acceptors (Lipinski definition) is 8. The number of anilines is 1. The number of nitrogens with one attached hydrogen (secondary N) is 3. The molecule has 0 aliphatic carbocycles. The van der Waals surface area contributed by atoms with Gasteiger partial charge in [-0.05, 0) is 73.0 Å². The fraction of sp³-hybridized carbons (Fsp3) is 0.241. The molecule has 0 fully saturated rings. The Bertz CT molecular complexity index is 1430. The van der Waals surface area contributed by atoms with E-state index >= 15 is 0 Å². The molecule has 0 unspecified atom stereocenters. The van der Waals surface area contributed by atoms with E-state index in [2.05, 4.69) is 21.2 Å². The highest BCUT2D eigenvalue weighted by Gasteiger charge is 2.13. The summed E-state index contributed by atoms with van der Waals surface area (Å²) < 4.78 is 21.7. The molecule has 222 valence electrons. The van der Waals surface area contributed by atoms with E-state index in [0.29, 0.717) is 57.3 Å². The molecule has 3 aromatic rings. The van der Waals surface area contributed by atoms with Crippen LogP contribution in [0.2, 0.25) is 10.0 Å². The van der Waals surface area contributed by atoms with E-state index in [1.54, 1.807) is 62.6 Å². The van der Waals surface area contributed by atoms with Crippen LogP contribution in [-0.2, 0) is 20.8 Å². The molecule has 0 saturated heterocycles. The Labute approximate surface area is 253 Å². The highest BCUT2D eigenvalue weighted by molar-refractivity contribution is 6.35. The molecule has 3 amide bonds. The van der Waals surface area contributed by atoms with Crippen molar-refractivity contribution in [3.8, 4) is 23.0 Å². The topological polar surface area (TPSA) is 137 Å². The molecule has 3 rings (SSSR count). The maximum Gasteiger partial charge on any atom is 0.329 e. The lowest BCUT2D eigenvalue weighted by Crippen LogP contribution is -2.38. The largest absolute Gasteiger partial charge is 0.493 e. The van der Waals surface area contributed by atoms with Gasteiger partial charge >= 0.3 is 11.8 Å². The van der Waals surface area contributed by atoms with Crippen molar-refractivity contribution in [2.45, 2.75) is 13.3 Å². The summed E-state index contributed by atoms with van der Waals surface area (Å²) in [4.78, 5) is 36.6. The van der Waals surface area contributed by atoms with E-state index in [-0.39, 0.29) is 13.2 Å². The summed E-state index contributed by atoms with van der Waals surface area (Å²) in [6.45, 7) is 2.07. The van der Waals surface area contributed by atoms with Crippen molar-refractivity contribution in [2.75, 3.05) is 39.3 Å². The summed E-state index contributed by atoms with van der Waals surface area (Å²) >= 11 is 11.9. The first-order valence-electron chi connectivity index (χ1n) is 12.7. The highest BCUT2D eigenvalue weighted by Crippen LogP contribution is 2.29. The zero-order valence-corrected chi connectivity index (χ0v) is 24.7. The van der Waals surface area contributed by atoms with E-state index in [1.165, 1.54) is 13.3 Å². The summed E-state index contributed by atoms with van der Waals surface area (Å²) in [5, 5.41) is 9.81. The average Bonchev–Trinajstić information content (AvgIpc) is 2.96. The molecule has 0 bridgehead atoms. The smallest absolute Gasteiger partial charge is 0.329 e. The van der Waals surface area contributed by atoms with Crippen LogP contribution in [-0.4, -0.2) is 57.9 Å². The first kappa shape index (κ1) is 32.0. The van der Waals surface area contributed by atoms with Crippen molar-refractivity contribution in [3.05, 3.63) is 75.8 Å². The fourth-order valence-corrected chi connectivity index (χ4v) is 4.14. The van der Waals surface area contributed by atoms with Crippen LogP contribution in [0.4, 0.5) is 5.69 Å². The predicted octanol–water partition coefficient (Wildman–Crippen LogP) is 4.24. The predicted molar refractivity (Wildman–Crippen MR) is 160 cm³/mol. The monoisotopic (exact) mass is 616 g/mol. The SMILES string of the molecule is CCOc1cc(/C=N\NC(=O)C(=O)NCCc2ccc(OC)c(OC)c2)ccc1OCC(=O)Nc1cc(Cl)cc(Cl)c1. The van der Waals surface area contributed by atoms with E-state index in [0.717, 1.165) is 5.56 Å². The van der Waals surface area contributed by atoms with Crippen LogP contribution in [0.15, 0.2) is 59.7 Å². The molecule has 13 heteroatoms. The zero-order valence-electron chi connectivity index (χ0n) is 23.2. The maximum atomic E-state index is 12.3. The van der Waals surface area contributed by atoms with Gasteiger partial charge in [-0.25, -0.2) is 5.43 Å². The Balaban J connectivity index is 1.49. The molecule has 0 radical (unpaired) electrons. The summed E-state index contributed by atoms with van der Waals surface area (Å²) in [6.07, 6.45) is 1.82. The number of halogens is 2. The summed E-state index contributed by atoms with van der Waals surface area (Å²) in [6, 6.07) is 14.9. The number of hydrogen-bond donors (Lipinski definition) is 3. The van der Waals surface area contributed by atoms with Crippen LogP contribution in [0, 0.1) is 0 Å². The number of carbonyl (C=O) groups is 3. The van der Waals surface area contributed by atoms with Gasteiger partial charge in [-0.1, -0.05) is 29.3 Å². The van der Waals surface area contributed by atoms with Crippen molar-refractivity contribution in [3.63, 3.8) is 0 Å². The van der Waals surface area contributed by atoms with E-state index in [9.17, 15) is 14.4 Å². The van der Waals surface area contributed by atoms with Gasteiger partial charge < -0.3 is 29.6 Å². The minimum Gasteiger partial charge on any atom is -0.493 e. The molecular weight excluding hydrogens is 587 g/mol. The molecule has 0 aromatic heterocycles. The third-order valence-electron chi connectivity index (χ3n) is 5.51. The van der Waals surface area contributed by atoms with Gasteiger partial charge in [0.2, 0.25) is 0 Å². The Morgan fingerprint density at radius 1 is 0.833 bits per heavy atom. The molecule has 3 N–H and O–H groups in total. The molecule has 0 spiro atoms. The van der Waals surface area contributed by atoms with Gasteiger partial charge in [0.1, 0.15) is 0 Å². The molecule has 0 heterocycles. The lowest BCUT2D eigenvalue weighted by Gasteiger charge is -2.13. The van der Waals surface area contributed by atoms with Gasteiger partial charge in [-0.15, -0.1) is 0 Å². The number of amides is 3. The first-order chi connectivity index (χ1) is 20.2. The second-order valence-corrected chi connectivity index (χ2v) is 9.40. The van der Waals surface area contributed by atoms with Crippen LogP contribution in [0.1, 0.15) is 18.1 Å². The molecule has 0 aliphatic rings. The molecule has 0 atom stereocenters. The quantitative estimate of drug-likeness (QED) is 0.148. The van der Waals surface area contributed by atoms with Crippen LogP contribution in [0.3, 0.4) is 0 Å². The third-order valence-corrected chi connectivity index (χ3v) is 5.94. The van der Waals surface area contributed by atoms with Crippen molar-refractivity contribution in [1.82, 2.24) is 10.7 Å². The summed E-state index contributed by atoms with van der Waals surface area (Å²) in [7, 11) is 3.09. The van der Waals surface area contributed by atoms with E-state index < -0.39 is 17.7 Å². The Hall–Kier alpha value is -4.48. The Morgan fingerprint density at radius 2 is 1.55 bits per heavy atom. The van der Waals surface area contributed by atoms with Crippen LogP contribution in [0.5, 0.6) is 23.0 Å². The number of nitrogens with zero attached hydrogens (tertiary/aromatic N) is 1. The molecule has 3 aromatic carbocycles. The van der Waals surface area contributed by atoms with Crippen LogP contribution >= 0.6 is 23.2 Å². The minimum absolute atomic E-state index is 0.232. The van der Waals surface area contributed by atoms with Crippen molar-refractivity contribution < 1.29 is 33.3 Å². The van der Waals surface area contributed by atoms with Gasteiger partial charge in [0.25, 0.3) is 5.91 Å². The second-order valence-electron chi connectivity index (χ2n) is 8.53. The van der Waals surface area contributed by atoms with Gasteiger partial charge in [0.05, 0.1) is 27.0 Å². The van der Waals surface area contributed by atoms with Gasteiger partial charge in [0.15, 0.2) is 29.6 Å². The van der Waals surface area contributed by atoms with Crippen LogP contribution < -0.4 is 35.0 Å². The second kappa shape index (κ2) is 16.1. The zero-order chi connectivity index (χ0) is 30.5. The lowest BCUT2D eigenvalue weighted by atomic mass is 10.1. The molecular formula is C29H30Cl2N4O7.